The van der Waals surface area contributed by atoms with Crippen molar-refractivity contribution in [3.05, 3.63) is 83.4 Å². The molecule has 0 spiro atoms. The number of esters is 1. The smallest absolute Gasteiger partial charge is 0.320 e. The zero-order valence-corrected chi connectivity index (χ0v) is 23.8. The van der Waals surface area contributed by atoms with Crippen molar-refractivity contribution < 1.29 is 18.8 Å². The van der Waals surface area contributed by atoms with Crippen molar-refractivity contribution in [1.82, 2.24) is 15.0 Å². The summed E-state index contributed by atoms with van der Waals surface area (Å²) < 4.78 is 16.6. The molecule has 204 valence electrons. The molecule has 0 aliphatic carbocycles. The SMILES string of the molecule is COCc1cc(-c2nc(-c3ccc(C(C)N(C)CC(=O)OC(C)(C)C)cc3)no2)ccc1-c1ccccc1C. The van der Waals surface area contributed by atoms with Crippen molar-refractivity contribution in [2.75, 3.05) is 20.7 Å². The maximum Gasteiger partial charge on any atom is 0.320 e. The first kappa shape index (κ1) is 28.2. The zero-order valence-electron chi connectivity index (χ0n) is 23.8. The van der Waals surface area contributed by atoms with Gasteiger partial charge in [-0.05, 0) is 81.6 Å². The third kappa shape index (κ3) is 6.99. The van der Waals surface area contributed by atoms with Crippen LogP contribution < -0.4 is 0 Å². The first-order valence-corrected chi connectivity index (χ1v) is 13.1. The number of nitrogens with zero attached hydrogens (tertiary/aromatic N) is 3. The van der Waals surface area contributed by atoms with Crippen LogP contribution in [-0.2, 0) is 20.9 Å². The van der Waals surface area contributed by atoms with E-state index in [0.717, 1.165) is 27.8 Å². The number of aryl methyl sites for hydroxylation is 1. The van der Waals surface area contributed by atoms with E-state index in [1.165, 1.54) is 11.1 Å². The molecule has 0 N–H and O–H groups in total. The van der Waals surface area contributed by atoms with Crippen LogP contribution >= 0.6 is 0 Å². The van der Waals surface area contributed by atoms with Crippen LogP contribution in [0.15, 0.2) is 71.3 Å². The van der Waals surface area contributed by atoms with Gasteiger partial charge >= 0.3 is 5.97 Å². The molecule has 0 fully saturated rings. The predicted molar refractivity (Wildman–Crippen MR) is 153 cm³/mol. The zero-order chi connectivity index (χ0) is 28.2. The maximum absolute atomic E-state index is 12.2. The summed E-state index contributed by atoms with van der Waals surface area (Å²) in [4.78, 5) is 18.9. The van der Waals surface area contributed by atoms with Crippen molar-refractivity contribution >= 4 is 5.97 Å². The van der Waals surface area contributed by atoms with Crippen molar-refractivity contribution in [2.24, 2.45) is 0 Å². The van der Waals surface area contributed by atoms with E-state index in [1.54, 1.807) is 7.11 Å². The number of benzene rings is 3. The highest BCUT2D eigenvalue weighted by Crippen LogP contribution is 2.32. The standard InChI is InChI=1S/C32H37N3O4/c1-21-10-8-9-11-27(21)28-17-16-25(18-26(28)20-37-7)31-33-30(34-39-31)24-14-12-23(13-15-24)22(2)35(6)19-29(36)38-32(3,4)5/h8-18,22H,19-20H2,1-7H3. The highest BCUT2D eigenvalue weighted by molar-refractivity contribution is 5.74. The Bertz CT molecular complexity index is 1420. The number of carbonyl (C=O) groups excluding carboxylic acids is 1. The van der Waals surface area contributed by atoms with Gasteiger partial charge in [0.1, 0.15) is 5.60 Å². The molecule has 0 amide bonds. The largest absolute Gasteiger partial charge is 0.459 e. The van der Waals surface area contributed by atoms with Crippen LogP contribution in [0, 0.1) is 6.92 Å². The summed E-state index contributed by atoms with van der Waals surface area (Å²) in [5.41, 5.74) is 6.82. The quantitative estimate of drug-likeness (QED) is 0.220. The lowest BCUT2D eigenvalue weighted by Gasteiger charge is -2.26. The molecular formula is C32H37N3O4. The van der Waals surface area contributed by atoms with Gasteiger partial charge in [-0.1, -0.05) is 59.8 Å². The Morgan fingerprint density at radius 1 is 1.00 bits per heavy atom. The lowest BCUT2D eigenvalue weighted by atomic mass is 9.94. The van der Waals surface area contributed by atoms with E-state index in [9.17, 15) is 4.79 Å². The van der Waals surface area contributed by atoms with Gasteiger partial charge in [0.05, 0.1) is 13.2 Å². The van der Waals surface area contributed by atoms with Gasteiger partial charge in [-0.2, -0.15) is 4.98 Å². The Hall–Kier alpha value is -3.81. The fraction of sp³-hybridized carbons (Fsp3) is 0.344. The number of ether oxygens (including phenoxy) is 2. The van der Waals surface area contributed by atoms with Crippen molar-refractivity contribution in [3.8, 4) is 34.0 Å². The number of methoxy groups -OCH3 is 1. The highest BCUT2D eigenvalue weighted by atomic mass is 16.6. The summed E-state index contributed by atoms with van der Waals surface area (Å²) >= 11 is 0. The van der Waals surface area contributed by atoms with E-state index >= 15 is 0 Å². The van der Waals surface area contributed by atoms with E-state index < -0.39 is 5.60 Å². The third-order valence-corrected chi connectivity index (χ3v) is 6.62. The van der Waals surface area contributed by atoms with Gasteiger partial charge in [0.25, 0.3) is 5.89 Å². The molecule has 0 saturated carbocycles. The van der Waals surface area contributed by atoms with Gasteiger partial charge < -0.3 is 14.0 Å². The molecule has 1 atom stereocenters. The second-order valence-electron chi connectivity index (χ2n) is 10.8. The van der Waals surface area contributed by atoms with E-state index in [1.807, 2.05) is 81.2 Å². The van der Waals surface area contributed by atoms with Crippen molar-refractivity contribution in [1.29, 1.82) is 0 Å². The average molecular weight is 528 g/mol. The summed E-state index contributed by atoms with van der Waals surface area (Å²) in [6, 6.07) is 22.5. The van der Waals surface area contributed by atoms with E-state index in [4.69, 9.17) is 14.0 Å². The maximum atomic E-state index is 12.2. The van der Waals surface area contributed by atoms with Crippen LogP contribution in [-0.4, -0.2) is 47.3 Å². The summed E-state index contributed by atoms with van der Waals surface area (Å²) in [5, 5.41) is 4.23. The first-order chi connectivity index (χ1) is 18.6. The first-order valence-electron chi connectivity index (χ1n) is 13.1. The van der Waals surface area contributed by atoms with Crippen molar-refractivity contribution in [3.63, 3.8) is 0 Å². The van der Waals surface area contributed by atoms with Crippen molar-refractivity contribution in [2.45, 2.75) is 52.9 Å². The van der Waals surface area contributed by atoms with Gasteiger partial charge in [-0.25, -0.2) is 0 Å². The second kappa shape index (κ2) is 11.9. The summed E-state index contributed by atoms with van der Waals surface area (Å²) in [6.07, 6.45) is 0. The molecule has 0 saturated heterocycles. The van der Waals surface area contributed by atoms with Crippen LogP contribution in [0.3, 0.4) is 0 Å². The molecule has 3 aromatic carbocycles. The monoisotopic (exact) mass is 527 g/mol. The Morgan fingerprint density at radius 3 is 2.36 bits per heavy atom. The lowest BCUT2D eigenvalue weighted by molar-refractivity contribution is -0.156. The number of aromatic nitrogens is 2. The molecule has 1 aromatic heterocycles. The lowest BCUT2D eigenvalue weighted by Crippen LogP contribution is -2.34. The van der Waals surface area contributed by atoms with Gasteiger partial charge in [0.15, 0.2) is 0 Å². The third-order valence-electron chi connectivity index (χ3n) is 6.62. The van der Waals surface area contributed by atoms with Crippen LogP contribution in [0.5, 0.6) is 0 Å². The number of hydrogen-bond acceptors (Lipinski definition) is 7. The van der Waals surface area contributed by atoms with Crippen LogP contribution in [0.4, 0.5) is 0 Å². The molecule has 1 heterocycles. The number of hydrogen-bond donors (Lipinski definition) is 0. The van der Waals surface area contributed by atoms with E-state index in [2.05, 4.69) is 42.2 Å². The molecule has 7 heteroatoms. The molecule has 1 unspecified atom stereocenters. The van der Waals surface area contributed by atoms with Gasteiger partial charge in [-0.15, -0.1) is 0 Å². The Morgan fingerprint density at radius 2 is 1.69 bits per heavy atom. The Kier molecular flexibility index (Phi) is 8.63. The number of rotatable bonds is 9. The molecule has 0 radical (unpaired) electrons. The van der Waals surface area contributed by atoms with E-state index in [-0.39, 0.29) is 18.6 Å². The van der Waals surface area contributed by atoms with Crippen LogP contribution in [0.2, 0.25) is 0 Å². The summed E-state index contributed by atoms with van der Waals surface area (Å²) in [5.74, 6) is 0.726. The molecule has 7 nitrogen and oxygen atoms in total. The highest BCUT2D eigenvalue weighted by Gasteiger charge is 2.21. The molecule has 0 aliphatic rings. The van der Waals surface area contributed by atoms with Gasteiger partial charge in [0, 0.05) is 24.3 Å². The number of likely N-dealkylation sites (N-methyl/N-ethyl adjacent to an activating group) is 1. The fourth-order valence-corrected chi connectivity index (χ4v) is 4.48. The van der Waals surface area contributed by atoms with Crippen LogP contribution in [0.25, 0.3) is 34.0 Å². The Balaban J connectivity index is 1.50. The van der Waals surface area contributed by atoms with Gasteiger partial charge in [0.2, 0.25) is 5.82 Å². The fourth-order valence-electron chi connectivity index (χ4n) is 4.48. The molecule has 0 aliphatic heterocycles. The number of carbonyl (C=O) groups is 1. The minimum absolute atomic E-state index is 0.0263. The molecule has 4 rings (SSSR count). The molecule has 39 heavy (non-hydrogen) atoms. The minimum Gasteiger partial charge on any atom is -0.459 e. The molecular weight excluding hydrogens is 490 g/mol. The molecule has 4 aromatic rings. The second-order valence-corrected chi connectivity index (χ2v) is 10.8. The predicted octanol–water partition coefficient (Wildman–Crippen LogP) is 6.86. The topological polar surface area (TPSA) is 77.7 Å². The summed E-state index contributed by atoms with van der Waals surface area (Å²) in [6.45, 7) is 10.5. The molecule has 0 bridgehead atoms. The Labute approximate surface area is 230 Å². The van der Waals surface area contributed by atoms with Crippen LogP contribution in [0.1, 0.15) is 50.4 Å². The van der Waals surface area contributed by atoms with Gasteiger partial charge in [-0.3, -0.25) is 9.69 Å². The van der Waals surface area contributed by atoms with E-state index in [0.29, 0.717) is 18.3 Å². The minimum atomic E-state index is -0.499. The normalized spacial score (nSPS) is 12.5. The summed E-state index contributed by atoms with van der Waals surface area (Å²) in [7, 11) is 3.61. The average Bonchev–Trinajstić information content (AvgIpc) is 3.38.